The number of rotatable bonds is 2. The first-order chi connectivity index (χ1) is 5.34. The van der Waals surface area contributed by atoms with Crippen LogP contribution in [0, 0.1) is 6.92 Å². The van der Waals surface area contributed by atoms with E-state index < -0.39 is 0 Å². The Morgan fingerprint density at radius 3 is 3.00 bits per heavy atom. The van der Waals surface area contributed by atoms with Crippen molar-refractivity contribution < 1.29 is 0 Å². The highest BCUT2D eigenvalue weighted by molar-refractivity contribution is 5.74. The number of aliphatic imine (C=N–C) groups is 1. The largest absolute Gasteiger partial charge is 0.296 e. The molecule has 58 valence electrons. The number of aromatic nitrogens is 3. The van der Waals surface area contributed by atoms with Crippen LogP contribution in [0.15, 0.2) is 17.4 Å². The maximum Gasteiger partial charge on any atom is 0.133 e. The molecule has 0 saturated heterocycles. The van der Waals surface area contributed by atoms with E-state index in [1.165, 1.54) is 0 Å². The molecule has 0 aliphatic heterocycles. The molecule has 0 N–H and O–H groups in total. The molecule has 1 rings (SSSR count). The van der Waals surface area contributed by atoms with Crippen LogP contribution in [-0.2, 0) is 0 Å². The molecule has 0 amide bonds. The van der Waals surface area contributed by atoms with Crippen molar-refractivity contribution in [2.24, 2.45) is 4.99 Å². The summed E-state index contributed by atoms with van der Waals surface area (Å²) >= 11 is 0. The third kappa shape index (κ3) is 2.00. The van der Waals surface area contributed by atoms with Crippen LogP contribution in [0.3, 0.4) is 0 Å². The lowest BCUT2D eigenvalue weighted by Crippen LogP contribution is -1.86. The molecule has 4 heteroatoms. The van der Waals surface area contributed by atoms with Gasteiger partial charge in [0.1, 0.15) is 12.2 Å². The van der Waals surface area contributed by atoms with Crippen LogP contribution in [0.2, 0.25) is 0 Å². The molecule has 1 aromatic heterocycles. The third-order valence-electron chi connectivity index (χ3n) is 1.23. The first-order valence-electron chi connectivity index (χ1n) is 3.29. The summed E-state index contributed by atoms with van der Waals surface area (Å²) in [6.45, 7) is 1.89. The van der Waals surface area contributed by atoms with Crippen LogP contribution < -0.4 is 0 Å². The van der Waals surface area contributed by atoms with Crippen LogP contribution in [-0.4, -0.2) is 28.0 Å². The lowest BCUT2D eigenvalue weighted by atomic mass is 10.6. The predicted molar refractivity (Wildman–Crippen MR) is 44.5 cm³/mol. The van der Waals surface area contributed by atoms with Gasteiger partial charge in [0.15, 0.2) is 0 Å². The lowest BCUT2D eigenvalue weighted by molar-refractivity contribution is 1.01. The molecule has 0 radical (unpaired) electrons. The van der Waals surface area contributed by atoms with Crippen molar-refractivity contribution >= 4 is 12.4 Å². The molecule has 0 bridgehead atoms. The van der Waals surface area contributed by atoms with Gasteiger partial charge in [-0.2, -0.15) is 0 Å². The lowest BCUT2D eigenvalue weighted by Gasteiger charge is -1.89. The van der Waals surface area contributed by atoms with Crippen LogP contribution in [0.25, 0.3) is 6.20 Å². The average molecular weight is 150 g/mol. The second-order valence-corrected chi connectivity index (χ2v) is 2.03. The summed E-state index contributed by atoms with van der Waals surface area (Å²) in [5, 5.41) is 7.53. The van der Waals surface area contributed by atoms with Crippen LogP contribution >= 0.6 is 0 Å². The van der Waals surface area contributed by atoms with Gasteiger partial charge in [0.25, 0.3) is 0 Å². The minimum Gasteiger partial charge on any atom is -0.296 e. The van der Waals surface area contributed by atoms with E-state index >= 15 is 0 Å². The monoisotopic (exact) mass is 150 g/mol. The van der Waals surface area contributed by atoms with Crippen molar-refractivity contribution in [2.45, 2.75) is 6.92 Å². The molecule has 1 heterocycles. The van der Waals surface area contributed by atoms with Gasteiger partial charge in [-0.05, 0) is 13.0 Å². The number of hydrogen-bond acceptors (Lipinski definition) is 3. The summed E-state index contributed by atoms with van der Waals surface area (Å²) < 4.78 is 1.82. The van der Waals surface area contributed by atoms with E-state index in [1.807, 2.05) is 23.8 Å². The van der Waals surface area contributed by atoms with E-state index in [9.17, 15) is 0 Å². The minimum absolute atomic E-state index is 0.866. The second-order valence-electron chi connectivity index (χ2n) is 2.03. The second kappa shape index (κ2) is 3.65. The first kappa shape index (κ1) is 7.65. The zero-order valence-corrected chi connectivity index (χ0v) is 6.60. The molecule has 0 aliphatic carbocycles. The molecule has 1 aromatic rings. The number of aryl methyl sites for hydroxylation is 1. The summed E-state index contributed by atoms with van der Waals surface area (Å²) in [5.41, 5.74) is 0. The van der Waals surface area contributed by atoms with Gasteiger partial charge in [-0.3, -0.25) is 9.56 Å². The normalized spacial score (nSPS) is 11.8. The molecule has 0 aliphatic rings. The fourth-order valence-electron chi connectivity index (χ4n) is 0.664. The molecular weight excluding hydrogens is 140 g/mol. The molecular formula is C7H10N4. The van der Waals surface area contributed by atoms with Crippen LogP contribution in [0.5, 0.6) is 0 Å². The molecule has 0 saturated carbocycles. The number of allylic oxidation sites excluding steroid dienone is 1. The van der Waals surface area contributed by atoms with Crippen LogP contribution in [0.1, 0.15) is 5.82 Å². The Morgan fingerprint density at radius 2 is 2.45 bits per heavy atom. The summed E-state index contributed by atoms with van der Waals surface area (Å²) in [6, 6.07) is 0. The molecule has 11 heavy (non-hydrogen) atoms. The maximum absolute atomic E-state index is 3.81. The first-order valence-corrected chi connectivity index (χ1v) is 3.29. The fraction of sp³-hybridized carbons (Fsp3) is 0.286. The number of nitrogens with zero attached hydrogens (tertiary/aromatic N) is 4. The Hall–Kier alpha value is -1.45. The van der Waals surface area contributed by atoms with Crippen molar-refractivity contribution in [3.63, 3.8) is 0 Å². The smallest absolute Gasteiger partial charge is 0.133 e. The molecule has 0 atom stereocenters. The highest BCUT2D eigenvalue weighted by Gasteiger charge is 1.89. The van der Waals surface area contributed by atoms with Gasteiger partial charge in [0, 0.05) is 19.5 Å². The van der Waals surface area contributed by atoms with E-state index in [4.69, 9.17) is 0 Å². The van der Waals surface area contributed by atoms with Crippen molar-refractivity contribution in [2.75, 3.05) is 7.05 Å². The molecule has 4 nitrogen and oxygen atoms in total. The van der Waals surface area contributed by atoms with Gasteiger partial charge in [-0.15, -0.1) is 10.2 Å². The quantitative estimate of drug-likeness (QED) is 0.584. The Labute approximate surface area is 65.3 Å². The summed E-state index contributed by atoms with van der Waals surface area (Å²) in [7, 11) is 1.73. The molecule has 0 fully saturated rings. The summed E-state index contributed by atoms with van der Waals surface area (Å²) in [4.78, 5) is 3.80. The minimum atomic E-state index is 0.866. The van der Waals surface area contributed by atoms with Gasteiger partial charge in [0.2, 0.25) is 0 Å². The summed E-state index contributed by atoms with van der Waals surface area (Å²) in [6.07, 6.45) is 7.04. The van der Waals surface area contributed by atoms with Gasteiger partial charge in [-0.25, -0.2) is 0 Å². The van der Waals surface area contributed by atoms with E-state index in [-0.39, 0.29) is 0 Å². The van der Waals surface area contributed by atoms with Gasteiger partial charge < -0.3 is 0 Å². The highest BCUT2D eigenvalue weighted by Crippen LogP contribution is 1.91. The Bertz CT molecular complexity index is 272. The molecule has 0 aromatic carbocycles. The topological polar surface area (TPSA) is 43.1 Å². The van der Waals surface area contributed by atoms with E-state index in [2.05, 4.69) is 15.2 Å². The van der Waals surface area contributed by atoms with E-state index in [0.29, 0.717) is 0 Å². The van der Waals surface area contributed by atoms with E-state index in [1.54, 1.807) is 19.6 Å². The van der Waals surface area contributed by atoms with Crippen molar-refractivity contribution in [1.82, 2.24) is 14.8 Å². The van der Waals surface area contributed by atoms with Crippen molar-refractivity contribution in [3.05, 3.63) is 18.2 Å². The standard InChI is InChI=1S/C7H10N4/c1-7-10-9-6-11(7)5-3-4-8-2/h3-6H,1-2H3/b5-3-,8-4-. The zero-order valence-electron chi connectivity index (χ0n) is 6.60. The Morgan fingerprint density at radius 1 is 1.64 bits per heavy atom. The zero-order chi connectivity index (χ0) is 8.10. The predicted octanol–water partition coefficient (Wildman–Crippen LogP) is 0.758. The average Bonchev–Trinajstić information content (AvgIpc) is 2.37. The van der Waals surface area contributed by atoms with Crippen molar-refractivity contribution in [1.29, 1.82) is 0 Å². The highest BCUT2D eigenvalue weighted by atomic mass is 15.2. The Kier molecular flexibility index (Phi) is 2.54. The molecule has 0 spiro atoms. The third-order valence-corrected chi connectivity index (χ3v) is 1.23. The SMILES string of the molecule is C/N=C\C=C/n1cnnc1C. The number of hydrogen-bond donors (Lipinski definition) is 0. The maximum atomic E-state index is 3.81. The van der Waals surface area contributed by atoms with Gasteiger partial charge >= 0.3 is 0 Å². The molecule has 0 unspecified atom stereocenters. The summed E-state index contributed by atoms with van der Waals surface area (Å²) in [5.74, 6) is 0.866. The van der Waals surface area contributed by atoms with Crippen LogP contribution in [0.4, 0.5) is 0 Å². The Balaban J connectivity index is 2.71. The van der Waals surface area contributed by atoms with Gasteiger partial charge in [0.05, 0.1) is 0 Å². The fourth-order valence-corrected chi connectivity index (χ4v) is 0.664. The van der Waals surface area contributed by atoms with Crippen molar-refractivity contribution in [3.8, 4) is 0 Å². The van der Waals surface area contributed by atoms with Gasteiger partial charge in [-0.1, -0.05) is 0 Å². The van der Waals surface area contributed by atoms with E-state index in [0.717, 1.165) is 5.82 Å².